The van der Waals surface area contributed by atoms with Crippen LogP contribution in [0.2, 0.25) is 0 Å². The number of anilines is 1. The van der Waals surface area contributed by atoms with E-state index in [1.165, 1.54) is 24.3 Å². The van der Waals surface area contributed by atoms with E-state index in [1.54, 1.807) is 9.80 Å². The third-order valence-corrected chi connectivity index (χ3v) is 6.11. The molecule has 0 bridgehead atoms. The van der Waals surface area contributed by atoms with Gasteiger partial charge in [0, 0.05) is 50.0 Å². The molecule has 1 aliphatic heterocycles. The smallest absolute Gasteiger partial charge is 0.319 e. The number of urea groups is 2. The molecule has 2 rings (SSSR count). The molecule has 1 saturated heterocycles. The number of nitrogens with one attached hydrogen (secondary N) is 3. The second-order valence-electron chi connectivity index (χ2n) is 8.68. The molecule has 3 atom stereocenters. The Morgan fingerprint density at radius 1 is 1.18 bits per heavy atom. The van der Waals surface area contributed by atoms with Gasteiger partial charge in [-0.1, -0.05) is 33.6 Å². The van der Waals surface area contributed by atoms with E-state index in [9.17, 15) is 24.5 Å². The predicted octanol–water partition coefficient (Wildman–Crippen LogP) is 3.17. The van der Waals surface area contributed by atoms with Crippen LogP contribution in [0.4, 0.5) is 21.0 Å². The van der Waals surface area contributed by atoms with Crippen LogP contribution in [0.5, 0.6) is 0 Å². The van der Waals surface area contributed by atoms with Gasteiger partial charge in [0.1, 0.15) is 6.04 Å². The third kappa shape index (κ3) is 7.32. The summed E-state index contributed by atoms with van der Waals surface area (Å²) in [5.74, 6) is -0.299. The fourth-order valence-corrected chi connectivity index (χ4v) is 3.79. The average Bonchev–Trinajstić information content (AvgIpc) is 2.81. The van der Waals surface area contributed by atoms with Crippen molar-refractivity contribution in [1.82, 2.24) is 20.4 Å². The van der Waals surface area contributed by atoms with Crippen molar-refractivity contribution in [3.05, 3.63) is 34.4 Å². The number of carbonyl (C=O) groups is 3. The molecule has 0 saturated carbocycles. The number of nitro groups is 1. The van der Waals surface area contributed by atoms with Gasteiger partial charge in [-0.25, -0.2) is 9.59 Å². The van der Waals surface area contributed by atoms with Gasteiger partial charge >= 0.3 is 12.1 Å². The minimum absolute atomic E-state index is 0.0778. The Hall–Kier alpha value is -3.37. The number of non-ortho nitro benzene ring substituents is 1. The molecule has 0 spiro atoms. The molecule has 3 N–H and O–H groups in total. The summed E-state index contributed by atoms with van der Waals surface area (Å²) in [5.41, 5.74) is 0.306. The first-order valence-electron chi connectivity index (χ1n) is 11.8. The van der Waals surface area contributed by atoms with Crippen LogP contribution in [0.15, 0.2) is 24.3 Å². The maximum atomic E-state index is 13.3. The molecule has 1 aliphatic rings. The molecular weight excluding hydrogens is 440 g/mol. The molecule has 34 heavy (non-hydrogen) atoms. The number of unbranched alkanes of at least 4 members (excludes halogenated alkanes) is 1. The van der Waals surface area contributed by atoms with Crippen molar-refractivity contribution in [2.45, 2.75) is 59.0 Å². The van der Waals surface area contributed by atoms with Crippen LogP contribution in [-0.4, -0.2) is 71.0 Å². The number of amides is 5. The lowest BCUT2D eigenvalue weighted by Gasteiger charge is -2.41. The summed E-state index contributed by atoms with van der Waals surface area (Å²) in [6, 6.07) is 3.90. The quantitative estimate of drug-likeness (QED) is 0.286. The van der Waals surface area contributed by atoms with E-state index in [2.05, 4.69) is 22.9 Å². The summed E-state index contributed by atoms with van der Waals surface area (Å²) in [7, 11) is 0. The average molecular weight is 477 g/mol. The fourth-order valence-electron chi connectivity index (χ4n) is 3.79. The van der Waals surface area contributed by atoms with Crippen LogP contribution >= 0.6 is 0 Å². The summed E-state index contributed by atoms with van der Waals surface area (Å²) in [5, 5.41) is 19.1. The maximum absolute atomic E-state index is 13.3. The number of benzene rings is 1. The first-order chi connectivity index (χ1) is 16.2. The zero-order chi connectivity index (χ0) is 25.3. The Kier molecular flexibility index (Phi) is 10.1. The number of hydrogen-bond donors (Lipinski definition) is 3. The number of carbonyl (C=O) groups excluding carboxylic acids is 3. The van der Waals surface area contributed by atoms with Crippen molar-refractivity contribution >= 4 is 29.3 Å². The van der Waals surface area contributed by atoms with Crippen LogP contribution in [0.3, 0.4) is 0 Å². The lowest BCUT2D eigenvalue weighted by atomic mass is 9.97. The Morgan fingerprint density at radius 2 is 1.85 bits per heavy atom. The molecule has 1 aromatic rings. The van der Waals surface area contributed by atoms with Crippen molar-refractivity contribution in [3.8, 4) is 0 Å². The standard InChI is InChI=1S/C23H36N6O5/c1-5-7-12-24-23(32)28-14-13-27(15-17(28)4)21(30)20(16(3)6-2)26-22(31)25-18-8-10-19(11-9-18)29(33)34/h8-11,16-17,20H,5-7,12-15H2,1-4H3,(H,24,32)(H2,25,26,31). The molecule has 0 aromatic heterocycles. The topological polar surface area (TPSA) is 137 Å². The van der Waals surface area contributed by atoms with Crippen molar-refractivity contribution in [3.63, 3.8) is 0 Å². The molecule has 1 fully saturated rings. The highest BCUT2D eigenvalue weighted by Gasteiger charge is 2.35. The number of nitro benzene ring substituents is 1. The minimum Gasteiger partial charge on any atom is -0.338 e. The van der Waals surface area contributed by atoms with E-state index < -0.39 is 17.0 Å². The van der Waals surface area contributed by atoms with Gasteiger partial charge < -0.3 is 25.8 Å². The van der Waals surface area contributed by atoms with Gasteiger partial charge in [-0.05, 0) is 31.4 Å². The number of nitrogens with zero attached hydrogens (tertiary/aromatic N) is 3. The lowest BCUT2D eigenvalue weighted by Crippen LogP contribution is -2.61. The predicted molar refractivity (Wildman–Crippen MR) is 130 cm³/mol. The van der Waals surface area contributed by atoms with Gasteiger partial charge in [-0.2, -0.15) is 0 Å². The van der Waals surface area contributed by atoms with Crippen LogP contribution in [-0.2, 0) is 4.79 Å². The summed E-state index contributed by atoms with van der Waals surface area (Å²) >= 11 is 0. The van der Waals surface area contributed by atoms with Crippen molar-refractivity contribution in [2.24, 2.45) is 5.92 Å². The molecule has 1 aromatic carbocycles. The highest BCUT2D eigenvalue weighted by molar-refractivity contribution is 5.94. The Bertz CT molecular complexity index is 862. The lowest BCUT2D eigenvalue weighted by molar-refractivity contribution is -0.384. The van der Waals surface area contributed by atoms with Gasteiger partial charge in [0.2, 0.25) is 5.91 Å². The molecule has 3 unspecified atom stereocenters. The summed E-state index contributed by atoms with van der Waals surface area (Å²) in [6.45, 7) is 9.65. The molecule has 5 amide bonds. The van der Waals surface area contributed by atoms with E-state index >= 15 is 0 Å². The molecule has 188 valence electrons. The Morgan fingerprint density at radius 3 is 2.41 bits per heavy atom. The molecule has 1 heterocycles. The number of hydrogen-bond acceptors (Lipinski definition) is 5. The summed E-state index contributed by atoms with van der Waals surface area (Å²) < 4.78 is 0. The first kappa shape index (κ1) is 26.9. The van der Waals surface area contributed by atoms with Gasteiger partial charge in [-0.15, -0.1) is 0 Å². The third-order valence-electron chi connectivity index (χ3n) is 6.11. The number of rotatable bonds is 9. The van der Waals surface area contributed by atoms with Crippen LogP contribution in [0.1, 0.15) is 47.0 Å². The Labute approximate surface area is 200 Å². The minimum atomic E-state index is -0.736. The SMILES string of the molecule is CCCCNC(=O)N1CCN(C(=O)C(NC(=O)Nc2ccc([N+](=O)[O-])cc2)C(C)CC)CC1C. The zero-order valence-corrected chi connectivity index (χ0v) is 20.4. The van der Waals surface area contributed by atoms with Gasteiger partial charge in [0.15, 0.2) is 0 Å². The van der Waals surface area contributed by atoms with Gasteiger partial charge in [-0.3, -0.25) is 14.9 Å². The van der Waals surface area contributed by atoms with Gasteiger partial charge in [0.05, 0.1) is 4.92 Å². The normalized spacial score (nSPS) is 17.5. The molecule has 11 heteroatoms. The van der Waals surface area contributed by atoms with Crippen LogP contribution in [0, 0.1) is 16.0 Å². The van der Waals surface area contributed by atoms with E-state index in [0.717, 1.165) is 12.8 Å². The highest BCUT2D eigenvalue weighted by atomic mass is 16.6. The zero-order valence-electron chi connectivity index (χ0n) is 20.4. The maximum Gasteiger partial charge on any atom is 0.319 e. The van der Waals surface area contributed by atoms with E-state index in [0.29, 0.717) is 38.3 Å². The molecule has 0 aliphatic carbocycles. The number of piperazine rings is 1. The summed E-state index contributed by atoms with van der Waals surface area (Å²) in [4.78, 5) is 52.1. The second kappa shape index (κ2) is 12.8. The van der Waals surface area contributed by atoms with E-state index in [1.807, 2.05) is 20.8 Å². The second-order valence-corrected chi connectivity index (χ2v) is 8.68. The molecule has 11 nitrogen and oxygen atoms in total. The first-order valence-corrected chi connectivity index (χ1v) is 11.8. The molecule has 0 radical (unpaired) electrons. The largest absolute Gasteiger partial charge is 0.338 e. The van der Waals surface area contributed by atoms with E-state index in [4.69, 9.17) is 0 Å². The van der Waals surface area contributed by atoms with Gasteiger partial charge in [0.25, 0.3) is 5.69 Å². The van der Waals surface area contributed by atoms with Crippen molar-refractivity contribution < 1.29 is 19.3 Å². The Balaban J connectivity index is 1.99. The van der Waals surface area contributed by atoms with Crippen molar-refractivity contribution in [1.29, 1.82) is 0 Å². The van der Waals surface area contributed by atoms with Crippen LogP contribution < -0.4 is 16.0 Å². The van der Waals surface area contributed by atoms with E-state index in [-0.39, 0.29) is 29.6 Å². The van der Waals surface area contributed by atoms with Crippen LogP contribution in [0.25, 0.3) is 0 Å². The summed E-state index contributed by atoms with van der Waals surface area (Å²) in [6.07, 6.45) is 2.60. The monoisotopic (exact) mass is 476 g/mol. The fraction of sp³-hybridized carbons (Fsp3) is 0.609. The molecular formula is C23H36N6O5. The highest BCUT2D eigenvalue weighted by Crippen LogP contribution is 2.18. The van der Waals surface area contributed by atoms with Crippen molar-refractivity contribution in [2.75, 3.05) is 31.5 Å².